The van der Waals surface area contributed by atoms with Crippen molar-refractivity contribution in [3.63, 3.8) is 0 Å². The highest BCUT2D eigenvalue weighted by Crippen LogP contribution is 2.25. The Morgan fingerprint density at radius 2 is 1.88 bits per heavy atom. The third-order valence-corrected chi connectivity index (χ3v) is 6.25. The summed E-state index contributed by atoms with van der Waals surface area (Å²) in [5, 5.41) is 3.11. The molecule has 2 saturated heterocycles. The molecule has 2 amide bonds. The van der Waals surface area contributed by atoms with E-state index in [1.54, 1.807) is 0 Å². The number of hydrogen-bond acceptors (Lipinski definition) is 3. The van der Waals surface area contributed by atoms with Crippen LogP contribution in [0.15, 0.2) is 18.2 Å². The normalized spacial score (nSPS) is 24.5. The van der Waals surface area contributed by atoms with Gasteiger partial charge in [0, 0.05) is 45.0 Å². The monoisotopic (exact) mass is 356 g/mol. The van der Waals surface area contributed by atoms with Gasteiger partial charge in [-0.25, -0.2) is 4.79 Å². The molecule has 0 aromatic heterocycles. The van der Waals surface area contributed by atoms with E-state index in [1.165, 1.54) is 56.4 Å². The average Bonchev–Trinajstić information content (AvgIpc) is 3.10. The zero-order valence-electron chi connectivity index (χ0n) is 16.0. The predicted molar refractivity (Wildman–Crippen MR) is 106 cm³/mol. The number of benzene rings is 1. The minimum atomic E-state index is 0.0556. The van der Waals surface area contributed by atoms with E-state index >= 15 is 0 Å². The molecule has 1 aromatic carbocycles. The zero-order chi connectivity index (χ0) is 17.9. The van der Waals surface area contributed by atoms with Crippen LogP contribution >= 0.6 is 0 Å². The molecule has 0 unspecified atom stereocenters. The molecule has 1 aromatic rings. The molecule has 2 aliphatic heterocycles. The Hall–Kier alpha value is -1.59. The number of likely N-dealkylation sites (tertiary alicyclic amines) is 1. The van der Waals surface area contributed by atoms with Gasteiger partial charge in [0.15, 0.2) is 0 Å². The Balaban J connectivity index is 1.24. The first kappa shape index (κ1) is 17.8. The van der Waals surface area contributed by atoms with Crippen LogP contribution in [0.5, 0.6) is 0 Å². The molecule has 2 heterocycles. The number of urea groups is 1. The summed E-state index contributed by atoms with van der Waals surface area (Å²) in [6.07, 6.45) is 6.25. The smallest absolute Gasteiger partial charge is 0.321 e. The number of rotatable bonds is 3. The second-order valence-electron chi connectivity index (χ2n) is 8.33. The van der Waals surface area contributed by atoms with Crippen molar-refractivity contribution in [3.05, 3.63) is 29.3 Å². The molecule has 5 nitrogen and oxygen atoms in total. The summed E-state index contributed by atoms with van der Waals surface area (Å²) < 4.78 is 0. The molecule has 0 radical (unpaired) electrons. The predicted octanol–water partition coefficient (Wildman–Crippen LogP) is 2.67. The average molecular weight is 357 g/mol. The lowest BCUT2D eigenvalue weighted by atomic mass is 9.97. The number of fused-ring (bicyclic) bond motifs is 1. The Morgan fingerprint density at radius 3 is 2.69 bits per heavy atom. The number of piperidine rings is 1. The van der Waals surface area contributed by atoms with Crippen molar-refractivity contribution in [1.29, 1.82) is 0 Å². The number of hydrogen-bond donors (Lipinski definition) is 1. The number of nitrogens with one attached hydrogen (secondary N) is 1. The van der Waals surface area contributed by atoms with E-state index in [1.807, 2.05) is 4.90 Å². The van der Waals surface area contributed by atoms with Crippen LogP contribution in [-0.2, 0) is 12.8 Å². The summed E-state index contributed by atoms with van der Waals surface area (Å²) in [4.78, 5) is 19.6. The van der Waals surface area contributed by atoms with Crippen molar-refractivity contribution in [3.8, 4) is 0 Å². The fraction of sp³-hybridized carbons (Fsp3) is 0.667. The number of amides is 2. The topological polar surface area (TPSA) is 38.8 Å². The molecular weight excluding hydrogens is 324 g/mol. The highest BCUT2D eigenvalue weighted by atomic mass is 16.2. The number of anilines is 1. The second-order valence-corrected chi connectivity index (χ2v) is 8.33. The van der Waals surface area contributed by atoms with Gasteiger partial charge in [-0.1, -0.05) is 6.07 Å². The van der Waals surface area contributed by atoms with Crippen LogP contribution in [0.4, 0.5) is 10.5 Å². The third kappa shape index (κ3) is 4.21. The van der Waals surface area contributed by atoms with Gasteiger partial charge in [0.2, 0.25) is 0 Å². The molecule has 0 spiro atoms. The summed E-state index contributed by atoms with van der Waals surface area (Å²) in [5.41, 5.74) is 3.80. The molecule has 26 heavy (non-hydrogen) atoms. The molecule has 142 valence electrons. The molecule has 1 aliphatic carbocycles. The lowest BCUT2D eigenvalue weighted by Gasteiger charge is -2.38. The van der Waals surface area contributed by atoms with Gasteiger partial charge in [-0.3, -0.25) is 4.90 Å². The van der Waals surface area contributed by atoms with Crippen molar-refractivity contribution in [2.24, 2.45) is 5.92 Å². The molecule has 3 aliphatic rings. The molecular formula is C21H32N4O. The Labute approximate surface area is 157 Å². The lowest BCUT2D eigenvalue weighted by molar-refractivity contribution is 0.109. The van der Waals surface area contributed by atoms with Crippen molar-refractivity contribution >= 4 is 11.7 Å². The molecule has 5 heteroatoms. The maximum absolute atomic E-state index is 12.6. The largest absolute Gasteiger partial charge is 0.322 e. The standard InChI is InChI=1S/C21H32N4O/c1-23-9-3-4-17(15-23)16-24-10-12-25(13-11-24)21(26)22-20-8-7-18-5-2-6-19(18)14-20/h7-8,14,17H,2-6,9-13,15-16H2,1H3,(H,22,26)/t17-/m0/s1. The van der Waals surface area contributed by atoms with Gasteiger partial charge in [-0.15, -0.1) is 0 Å². The SMILES string of the molecule is CN1CCC[C@H](CN2CCN(C(=O)Nc3ccc4c(c3)CCC4)CC2)C1. The van der Waals surface area contributed by atoms with Crippen LogP contribution in [0.1, 0.15) is 30.4 Å². The van der Waals surface area contributed by atoms with Gasteiger partial charge in [-0.05, 0) is 74.9 Å². The molecule has 4 rings (SSSR count). The highest BCUT2D eigenvalue weighted by Gasteiger charge is 2.25. The number of carbonyl (C=O) groups excluding carboxylic acids is 1. The summed E-state index contributed by atoms with van der Waals surface area (Å²) in [5.74, 6) is 0.792. The van der Waals surface area contributed by atoms with Gasteiger partial charge in [-0.2, -0.15) is 0 Å². The van der Waals surface area contributed by atoms with Crippen LogP contribution in [0.3, 0.4) is 0 Å². The zero-order valence-corrected chi connectivity index (χ0v) is 16.0. The number of aryl methyl sites for hydroxylation is 2. The molecule has 1 atom stereocenters. The number of nitrogens with zero attached hydrogens (tertiary/aromatic N) is 3. The van der Waals surface area contributed by atoms with Gasteiger partial charge < -0.3 is 15.1 Å². The maximum Gasteiger partial charge on any atom is 0.321 e. The summed E-state index contributed by atoms with van der Waals surface area (Å²) in [7, 11) is 2.23. The van der Waals surface area contributed by atoms with E-state index in [0.29, 0.717) is 0 Å². The maximum atomic E-state index is 12.6. The first-order chi connectivity index (χ1) is 12.7. The van der Waals surface area contributed by atoms with Crippen molar-refractivity contribution in [1.82, 2.24) is 14.7 Å². The van der Waals surface area contributed by atoms with Gasteiger partial charge >= 0.3 is 6.03 Å². The van der Waals surface area contributed by atoms with Crippen molar-refractivity contribution < 1.29 is 4.79 Å². The lowest BCUT2D eigenvalue weighted by Crippen LogP contribution is -2.51. The summed E-state index contributed by atoms with van der Waals surface area (Å²) in [6.45, 7) is 7.31. The van der Waals surface area contributed by atoms with Gasteiger partial charge in [0.25, 0.3) is 0 Å². The van der Waals surface area contributed by atoms with Gasteiger partial charge in [0.1, 0.15) is 0 Å². The Kier molecular flexibility index (Phi) is 5.46. The van der Waals surface area contributed by atoms with E-state index in [2.05, 4.69) is 40.4 Å². The number of carbonyl (C=O) groups is 1. The van der Waals surface area contributed by atoms with E-state index in [4.69, 9.17) is 0 Å². The molecule has 2 fully saturated rings. The number of piperazine rings is 1. The summed E-state index contributed by atoms with van der Waals surface area (Å²) >= 11 is 0. The first-order valence-corrected chi connectivity index (χ1v) is 10.3. The first-order valence-electron chi connectivity index (χ1n) is 10.3. The van der Waals surface area contributed by atoms with Crippen LogP contribution < -0.4 is 5.32 Å². The quantitative estimate of drug-likeness (QED) is 0.905. The third-order valence-electron chi connectivity index (χ3n) is 6.25. The Bertz CT molecular complexity index is 639. The summed E-state index contributed by atoms with van der Waals surface area (Å²) in [6, 6.07) is 6.45. The second kappa shape index (κ2) is 7.97. The van der Waals surface area contributed by atoms with Crippen LogP contribution in [-0.4, -0.2) is 73.6 Å². The van der Waals surface area contributed by atoms with Crippen LogP contribution in [0, 0.1) is 5.92 Å². The highest BCUT2D eigenvalue weighted by molar-refractivity contribution is 5.89. The Morgan fingerprint density at radius 1 is 1.08 bits per heavy atom. The van der Waals surface area contributed by atoms with Gasteiger partial charge in [0.05, 0.1) is 0 Å². The van der Waals surface area contributed by atoms with Crippen molar-refractivity contribution in [2.45, 2.75) is 32.1 Å². The fourth-order valence-electron chi connectivity index (χ4n) is 4.77. The van der Waals surface area contributed by atoms with Crippen LogP contribution in [0.2, 0.25) is 0 Å². The molecule has 0 saturated carbocycles. The van der Waals surface area contributed by atoms with Crippen molar-refractivity contribution in [2.75, 3.05) is 58.2 Å². The van der Waals surface area contributed by atoms with E-state index in [0.717, 1.165) is 44.2 Å². The van der Waals surface area contributed by atoms with E-state index < -0.39 is 0 Å². The minimum absolute atomic E-state index is 0.0556. The fourth-order valence-corrected chi connectivity index (χ4v) is 4.77. The molecule has 1 N–H and O–H groups in total. The molecule has 0 bridgehead atoms. The minimum Gasteiger partial charge on any atom is -0.322 e. The van der Waals surface area contributed by atoms with E-state index in [9.17, 15) is 4.79 Å². The van der Waals surface area contributed by atoms with Crippen LogP contribution in [0.25, 0.3) is 0 Å². The van der Waals surface area contributed by atoms with E-state index in [-0.39, 0.29) is 6.03 Å².